The van der Waals surface area contributed by atoms with E-state index in [2.05, 4.69) is 0 Å². The van der Waals surface area contributed by atoms with Crippen molar-refractivity contribution in [1.82, 2.24) is 0 Å². The summed E-state index contributed by atoms with van der Waals surface area (Å²) in [4.78, 5) is 0. The highest BCUT2D eigenvalue weighted by Crippen LogP contribution is 2.30. The number of ether oxygens (including phenoxy) is 1. The molecule has 21 heavy (non-hydrogen) atoms. The van der Waals surface area contributed by atoms with Crippen LogP contribution in [0, 0.1) is 5.92 Å². The third kappa shape index (κ3) is 7.57. The van der Waals surface area contributed by atoms with Crippen molar-refractivity contribution in [2.24, 2.45) is 5.92 Å². The predicted molar refractivity (Wildman–Crippen MR) is 75.0 cm³/mol. The van der Waals surface area contributed by atoms with Crippen molar-refractivity contribution in [3.05, 3.63) is 29.8 Å². The minimum absolute atomic E-state index is 0.0907. The smallest absolute Gasteiger partial charge is 0.416 e. The Kier molecular flexibility index (Phi) is 6.34. The van der Waals surface area contributed by atoms with E-state index in [4.69, 9.17) is 15.4 Å². The fraction of sp³-hybridized carbons (Fsp3) is 0.538. The molecule has 0 aromatic heterocycles. The second-order valence-electron chi connectivity index (χ2n) is 4.80. The highest BCUT2D eigenvalue weighted by molar-refractivity contribution is 8.13. The molecule has 0 fully saturated rings. The second kappa shape index (κ2) is 7.35. The Bertz CT molecular complexity index is 541. The Morgan fingerprint density at radius 3 is 2.24 bits per heavy atom. The first-order valence-electron chi connectivity index (χ1n) is 6.30. The normalized spacial score (nSPS) is 14.0. The van der Waals surface area contributed by atoms with Gasteiger partial charge in [0.2, 0.25) is 9.05 Å². The molecule has 0 aliphatic rings. The summed E-state index contributed by atoms with van der Waals surface area (Å²) in [7, 11) is 1.62. The van der Waals surface area contributed by atoms with Crippen molar-refractivity contribution in [2.45, 2.75) is 25.9 Å². The first-order chi connectivity index (χ1) is 9.58. The molecule has 0 N–H and O–H groups in total. The molecule has 0 heterocycles. The second-order valence-corrected chi connectivity index (χ2v) is 7.69. The maximum atomic E-state index is 12.4. The first kappa shape index (κ1) is 18.1. The topological polar surface area (TPSA) is 43.4 Å². The Balaban J connectivity index is 2.36. The van der Waals surface area contributed by atoms with E-state index < -0.39 is 20.8 Å². The average Bonchev–Trinajstić information content (AvgIpc) is 2.35. The molecule has 1 rings (SSSR count). The van der Waals surface area contributed by atoms with Crippen LogP contribution in [0.5, 0.6) is 5.75 Å². The van der Waals surface area contributed by atoms with E-state index in [1.54, 1.807) is 0 Å². The maximum absolute atomic E-state index is 12.4. The number of halogens is 4. The van der Waals surface area contributed by atoms with Gasteiger partial charge >= 0.3 is 6.18 Å². The van der Waals surface area contributed by atoms with Gasteiger partial charge in [0.15, 0.2) is 0 Å². The molecule has 0 aliphatic heterocycles. The predicted octanol–water partition coefficient (Wildman–Crippen LogP) is 4.07. The van der Waals surface area contributed by atoms with Gasteiger partial charge in [0.25, 0.3) is 0 Å². The molecule has 0 spiro atoms. The molecule has 0 bridgehead atoms. The fourth-order valence-corrected chi connectivity index (χ4v) is 2.56. The van der Waals surface area contributed by atoms with Crippen LogP contribution in [-0.4, -0.2) is 20.8 Å². The molecule has 0 radical (unpaired) electrons. The molecule has 3 nitrogen and oxygen atoms in total. The third-order valence-corrected chi connectivity index (χ3v) is 4.10. The standard InChI is InChI=1S/C13H16ClF3O3S/c1-10(7-9-21(14,18)19)6-8-20-12-4-2-11(3-5-12)13(15,16)17/h2-5,10H,6-9H2,1H3. The van der Waals surface area contributed by atoms with Crippen molar-refractivity contribution in [3.63, 3.8) is 0 Å². The van der Waals surface area contributed by atoms with Gasteiger partial charge in [-0.3, -0.25) is 0 Å². The average molecular weight is 345 g/mol. The minimum atomic E-state index is -4.36. The van der Waals surface area contributed by atoms with Crippen LogP contribution in [0.15, 0.2) is 24.3 Å². The van der Waals surface area contributed by atoms with Crippen molar-refractivity contribution >= 4 is 19.7 Å². The van der Waals surface area contributed by atoms with Crippen LogP contribution < -0.4 is 4.74 Å². The van der Waals surface area contributed by atoms with Gasteiger partial charge in [-0.1, -0.05) is 6.92 Å². The Morgan fingerprint density at radius 2 is 1.76 bits per heavy atom. The van der Waals surface area contributed by atoms with Gasteiger partial charge in [0.1, 0.15) is 5.75 Å². The van der Waals surface area contributed by atoms with E-state index in [0.29, 0.717) is 25.2 Å². The van der Waals surface area contributed by atoms with Gasteiger partial charge < -0.3 is 4.74 Å². The quantitative estimate of drug-likeness (QED) is 0.700. The lowest BCUT2D eigenvalue weighted by molar-refractivity contribution is -0.137. The SMILES string of the molecule is CC(CCOc1ccc(C(F)(F)F)cc1)CCS(=O)(=O)Cl. The Labute approximate surface area is 126 Å². The number of hydrogen-bond acceptors (Lipinski definition) is 3. The zero-order valence-electron chi connectivity index (χ0n) is 11.4. The van der Waals surface area contributed by atoms with Crippen LogP contribution in [0.25, 0.3) is 0 Å². The maximum Gasteiger partial charge on any atom is 0.416 e. The molecule has 0 aliphatic carbocycles. The van der Waals surface area contributed by atoms with Crippen LogP contribution in [0.2, 0.25) is 0 Å². The summed E-state index contributed by atoms with van der Waals surface area (Å²) < 4.78 is 64.0. The van der Waals surface area contributed by atoms with Gasteiger partial charge in [-0.05, 0) is 43.0 Å². The summed E-state index contributed by atoms with van der Waals surface area (Å²) in [5, 5.41) is 0. The largest absolute Gasteiger partial charge is 0.494 e. The van der Waals surface area contributed by atoms with E-state index in [9.17, 15) is 21.6 Å². The Morgan fingerprint density at radius 1 is 1.19 bits per heavy atom. The number of alkyl halides is 3. The molecule has 1 unspecified atom stereocenters. The monoisotopic (exact) mass is 344 g/mol. The molecule has 0 saturated carbocycles. The van der Waals surface area contributed by atoms with Gasteiger partial charge in [-0.25, -0.2) is 8.42 Å². The molecule has 0 amide bonds. The summed E-state index contributed by atoms with van der Waals surface area (Å²) in [5.41, 5.74) is -0.726. The Hall–Kier alpha value is -0.950. The lowest BCUT2D eigenvalue weighted by Crippen LogP contribution is -2.09. The van der Waals surface area contributed by atoms with Crippen LogP contribution in [-0.2, 0) is 15.2 Å². The molecular formula is C13H16ClF3O3S. The molecule has 1 aromatic rings. The summed E-state index contributed by atoms with van der Waals surface area (Å²) >= 11 is 0. The summed E-state index contributed by atoms with van der Waals surface area (Å²) in [6.07, 6.45) is -3.35. The summed E-state index contributed by atoms with van der Waals surface area (Å²) in [6.45, 7) is 2.16. The van der Waals surface area contributed by atoms with Crippen molar-refractivity contribution in [1.29, 1.82) is 0 Å². The van der Waals surface area contributed by atoms with Crippen molar-refractivity contribution < 1.29 is 26.3 Å². The van der Waals surface area contributed by atoms with E-state index in [1.807, 2.05) is 6.92 Å². The summed E-state index contributed by atoms with van der Waals surface area (Å²) in [5.74, 6) is 0.337. The van der Waals surface area contributed by atoms with Crippen LogP contribution >= 0.6 is 10.7 Å². The van der Waals surface area contributed by atoms with E-state index >= 15 is 0 Å². The molecule has 1 aromatic carbocycles. The lowest BCUT2D eigenvalue weighted by atomic mass is 10.1. The number of hydrogen-bond donors (Lipinski definition) is 0. The molecule has 120 valence electrons. The molecular weight excluding hydrogens is 329 g/mol. The van der Waals surface area contributed by atoms with Gasteiger partial charge in [-0.15, -0.1) is 0 Å². The van der Waals surface area contributed by atoms with Crippen LogP contribution in [0.3, 0.4) is 0 Å². The van der Waals surface area contributed by atoms with E-state index in [-0.39, 0.29) is 11.7 Å². The summed E-state index contributed by atoms with van der Waals surface area (Å²) in [6, 6.07) is 4.44. The zero-order chi connectivity index (χ0) is 16.1. The molecule has 0 saturated heterocycles. The van der Waals surface area contributed by atoms with Gasteiger partial charge in [-0.2, -0.15) is 13.2 Å². The van der Waals surface area contributed by atoms with Crippen molar-refractivity contribution in [3.8, 4) is 5.75 Å². The number of rotatable bonds is 7. The van der Waals surface area contributed by atoms with Crippen LogP contribution in [0.1, 0.15) is 25.3 Å². The highest BCUT2D eigenvalue weighted by atomic mass is 35.7. The van der Waals surface area contributed by atoms with Gasteiger partial charge in [0, 0.05) is 10.7 Å². The fourth-order valence-electron chi connectivity index (χ4n) is 1.60. The molecule has 1 atom stereocenters. The third-order valence-electron chi connectivity index (χ3n) is 2.92. The van der Waals surface area contributed by atoms with Crippen LogP contribution in [0.4, 0.5) is 13.2 Å². The molecule has 8 heteroatoms. The van der Waals surface area contributed by atoms with E-state index in [0.717, 1.165) is 12.1 Å². The van der Waals surface area contributed by atoms with E-state index in [1.165, 1.54) is 12.1 Å². The van der Waals surface area contributed by atoms with Crippen molar-refractivity contribution in [2.75, 3.05) is 12.4 Å². The highest BCUT2D eigenvalue weighted by Gasteiger charge is 2.29. The lowest BCUT2D eigenvalue weighted by Gasteiger charge is -2.12. The zero-order valence-corrected chi connectivity index (χ0v) is 12.9. The van der Waals surface area contributed by atoms with Gasteiger partial charge in [0.05, 0.1) is 17.9 Å². The number of benzene rings is 1. The minimum Gasteiger partial charge on any atom is -0.494 e. The first-order valence-corrected chi connectivity index (χ1v) is 8.78.